The molecule has 0 amide bonds. The Bertz CT molecular complexity index is 1500. The van der Waals surface area contributed by atoms with Crippen LogP contribution in [0.4, 0.5) is 37.8 Å². The van der Waals surface area contributed by atoms with Crippen molar-refractivity contribution in [3.8, 4) is 11.8 Å². The molecule has 1 aliphatic rings. The Morgan fingerprint density at radius 2 is 1.97 bits per heavy atom. The zero-order valence-corrected chi connectivity index (χ0v) is 18.0. The molecule has 0 saturated heterocycles. The molecule has 13 heteroatoms. The second kappa shape index (κ2) is 8.07. The Balaban J connectivity index is 1.66. The van der Waals surface area contributed by atoms with Crippen LogP contribution in [0.1, 0.15) is 24.4 Å². The van der Waals surface area contributed by atoms with Gasteiger partial charge in [0.2, 0.25) is 0 Å². The third-order valence-electron chi connectivity index (χ3n) is 5.71. The summed E-state index contributed by atoms with van der Waals surface area (Å²) in [6.07, 6.45) is -4.07. The molecule has 0 radical (unpaired) electrons. The molecule has 0 aromatic carbocycles. The van der Waals surface area contributed by atoms with Gasteiger partial charge in [0.05, 0.1) is 29.8 Å². The summed E-state index contributed by atoms with van der Waals surface area (Å²) in [6.45, 7) is 0.723. The lowest BCUT2D eigenvalue weighted by Crippen LogP contribution is -2.26. The van der Waals surface area contributed by atoms with Crippen LogP contribution < -0.4 is 4.90 Å². The van der Waals surface area contributed by atoms with E-state index in [2.05, 4.69) is 37.0 Å². The Kier molecular flexibility index (Phi) is 5.26. The summed E-state index contributed by atoms with van der Waals surface area (Å²) >= 11 is 0. The fourth-order valence-corrected chi connectivity index (χ4v) is 3.76. The van der Waals surface area contributed by atoms with Crippen molar-refractivity contribution in [3.05, 3.63) is 48.1 Å². The van der Waals surface area contributed by atoms with Crippen LogP contribution in [0.25, 0.3) is 16.7 Å². The molecule has 0 spiro atoms. The summed E-state index contributed by atoms with van der Waals surface area (Å²) in [5.74, 6) is 4.07. The second-order valence-corrected chi connectivity index (χ2v) is 8.06. The van der Waals surface area contributed by atoms with Gasteiger partial charge in [-0.25, -0.2) is 18.2 Å². The number of aromatic nitrogens is 6. The highest BCUT2D eigenvalue weighted by Crippen LogP contribution is 2.57. The SMILES string of the molecule is Cc1nnc2nc(N(CC(F)F)c3ccnc(C#CC4(C(F)(F)F)CC4)c3)c3c(F)cncc3n12. The zero-order valence-electron chi connectivity index (χ0n) is 18.0. The van der Waals surface area contributed by atoms with E-state index >= 15 is 0 Å². The zero-order chi connectivity index (χ0) is 25.0. The summed E-state index contributed by atoms with van der Waals surface area (Å²) < 4.78 is 83.3. The van der Waals surface area contributed by atoms with Crippen molar-refractivity contribution in [1.82, 2.24) is 29.5 Å². The van der Waals surface area contributed by atoms with Crippen molar-refractivity contribution in [2.45, 2.75) is 32.4 Å². The average molecular weight is 491 g/mol. The van der Waals surface area contributed by atoms with Gasteiger partial charge in [0, 0.05) is 11.9 Å². The van der Waals surface area contributed by atoms with Crippen LogP contribution >= 0.6 is 0 Å². The van der Waals surface area contributed by atoms with E-state index in [1.807, 2.05) is 0 Å². The van der Waals surface area contributed by atoms with Crippen molar-refractivity contribution in [2.75, 3.05) is 11.4 Å². The molecule has 7 nitrogen and oxygen atoms in total. The van der Waals surface area contributed by atoms with Gasteiger partial charge in [-0.1, -0.05) is 5.92 Å². The average Bonchev–Trinajstić information content (AvgIpc) is 3.52. The second-order valence-electron chi connectivity index (χ2n) is 8.06. The fraction of sp³-hybridized carbons (Fsp3) is 0.318. The number of halogens is 6. The van der Waals surface area contributed by atoms with Crippen LogP contribution in [-0.4, -0.2) is 48.7 Å². The van der Waals surface area contributed by atoms with E-state index in [4.69, 9.17) is 0 Å². The molecule has 0 bridgehead atoms. The third-order valence-corrected chi connectivity index (χ3v) is 5.71. The van der Waals surface area contributed by atoms with E-state index in [0.29, 0.717) is 5.82 Å². The molecular weight excluding hydrogens is 476 g/mol. The quantitative estimate of drug-likeness (QED) is 0.307. The fourth-order valence-electron chi connectivity index (χ4n) is 3.76. The number of anilines is 2. The predicted molar refractivity (Wildman–Crippen MR) is 113 cm³/mol. The highest BCUT2D eigenvalue weighted by atomic mass is 19.4. The van der Waals surface area contributed by atoms with E-state index in [9.17, 15) is 26.3 Å². The van der Waals surface area contributed by atoms with Crippen molar-refractivity contribution < 1.29 is 26.3 Å². The van der Waals surface area contributed by atoms with E-state index in [1.54, 1.807) is 6.92 Å². The van der Waals surface area contributed by atoms with Gasteiger partial charge in [-0.15, -0.1) is 10.2 Å². The molecule has 1 aliphatic carbocycles. The van der Waals surface area contributed by atoms with Gasteiger partial charge >= 0.3 is 6.18 Å². The Morgan fingerprint density at radius 3 is 2.66 bits per heavy atom. The molecule has 0 unspecified atom stereocenters. The first-order chi connectivity index (χ1) is 16.6. The van der Waals surface area contributed by atoms with Gasteiger partial charge in [-0.3, -0.25) is 9.38 Å². The van der Waals surface area contributed by atoms with E-state index in [1.165, 1.54) is 28.9 Å². The maximum Gasteiger partial charge on any atom is 0.405 e. The van der Waals surface area contributed by atoms with Crippen LogP contribution in [-0.2, 0) is 0 Å². The predicted octanol–water partition coefficient (Wildman–Crippen LogP) is 4.61. The van der Waals surface area contributed by atoms with E-state index in [0.717, 1.165) is 11.1 Å². The highest BCUT2D eigenvalue weighted by molar-refractivity contribution is 5.93. The van der Waals surface area contributed by atoms with Crippen LogP contribution in [0.2, 0.25) is 0 Å². The van der Waals surface area contributed by atoms with Gasteiger partial charge in [0.25, 0.3) is 12.2 Å². The first-order valence-corrected chi connectivity index (χ1v) is 10.4. The molecule has 35 heavy (non-hydrogen) atoms. The summed E-state index contributed by atoms with van der Waals surface area (Å²) in [4.78, 5) is 13.1. The number of nitrogens with zero attached hydrogens (tertiary/aromatic N) is 7. The number of alkyl halides is 5. The largest absolute Gasteiger partial charge is 0.405 e. The number of rotatable bonds is 4. The Morgan fingerprint density at radius 1 is 1.20 bits per heavy atom. The van der Waals surface area contributed by atoms with E-state index < -0.39 is 30.4 Å². The molecule has 180 valence electrons. The molecule has 1 fully saturated rings. The van der Waals surface area contributed by atoms with Crippen molar-refractivity contribution in [1.29, 1.82) is 0 Å². The molecule has 4 aromatic rings. The lowest BCUT2D eigenvalue weighted by Gasteiger charge is -2.25. The normalized spacial score (nSPS) is 14.9. The monoisotopic (exact) mass is 491 g/mol. The van der Waals surface area contributed by atoms with Crippen LogP contribution in [0.5, 0.6) is 0 Å². The maximum absolute atomic E-state index is 15.0. The summed E-state index contributed by atoms with van der Waals surface area (Å²) in [5.41, 5.74) is -1.82. The number of aryl methyl sites for hydroxylation is 1. The topological polar surface area (TPSA) is 72.1 Å². The minimum Gasteiger partial charge on any atom is -0.320 e. The Labute approximate surface area is 193 Å². The molecule has 1 saturated carbocycles. The highest BCUT2D eigenvalue weighted by Gasteiger charge is 2.62. The molecule has 0 N–H and O–H groups in total. The standard InChI is InChI=1S/C22H15F6N7/c1-12-32-33-20-31-19(18-15(23)9-29-10-16(18)35(12)20)34(11-17(24)25)14-3-7-30-13(8-14)2-4-21(5-6-21)22(26,27)28/h3,7-10,17H,5-6,11H2,1H3. The van der Waals surface area contributed by atoms with Gasteiger partial charge < -0.3 is 4.90 Å². The summed E-state index contributed by atoms with van der Waals surface area (Å²) in [6, 6.07) is 2.61. The van der Waals surface area contributed by atoms with Gasteiger partial charge in [0.15, 0.2) is 5.82 Å². The number of hydrogen-bond donors (Lipinski definition) is 0. The van der Waals surface area contributed by atoms with Crippen molar-refractivity contribution >= 4 is 28.2 Å². The number of pyridine rings is 2. The van der Waals surface area contributed by atoms with E-state index in [-0.39, 0.29) is 46.7 Å². The maximum atomic E-state index is 15.0. The Hall–Kier alpha value is -3.95. The lowest BCUT2D eigenvalue weighted by molar-refractivity contribution is -0.168. The van der Waals surface area contributed by atoms with Crippen molar-refractivity contribution in [2.24, 2.45) is 5.41 Å². The number of fused-ring (bicyclic) bond motifs is 3. The van der Waals surface area contributed by atoms with Crippen molar-refractivity contribution in [3.63, 3.8) is 0 Å². The molecule has 0 atom stereocenters. The minimum atomic E-state index is -4.47. The number of hydrogen-bond acceptors (Lipinski definition) is 6. The molecule has 4 heterocycles. The van der Waals surface area contributed by atoms with Crippen LogP contribution in [0.15, 0.2) is 30.7 Å². The third kappa shape index (κ3) is 3.98. The molecule has 5 rings (SSSR count). The van der Waals surface area contributed by atoms with Crippen LogP contribution in [0.3, 0.4) is 0 Å². The first-order valence-electron chi connectivity index (χ1n) is 10.4. The summed E-state index contributed by atoms with van der Waals surface area (Å²) in [5, 5.41) is 7.72. The lowest BCUT2D eigenvalue weighted by atomic mass is 10.1. The van der Waals surface area contributed by atoms with Gasteiger partial charge in [-0.2, -0.15) is 18.2 Å². The van der Waals surface area contributed by atoms with Crippen LogP contribution in [0, 0.1) is 30.0 Å². The molecule has 4 aromatic heterocycles. The molecular formula is C22H15F6N7. The minimum absolute atomic E-state index is 0.0339. The first kappa shape index (κ1) is 22.8. The molecule has 0 aliphatic heterocycles. The van der Waals surface area contributed by atoms with Gasteiger partial charge in [-0.05, 0) is 37.8 Å². The summed E-state index contributed by atoms with van der Waals surface area (Å²) in [7, 11) is 0. The smallest absolute Gasteiger partial charge is 0.320 e. The van der Waals surface area contributed by atoms with Gasteiger partial charge in [0.1, 0.15) is 22.8 Å².